The van der Waals surface area contributed by atoms with Gasteiger partial charge in [0, 0.05) is 46.0 Å². The Hall–Kier alpha value is -2.49. The van der Waals surface area contributed by atoms with E-state index in [-0.39, 0.29) is 30.6 Å². The van der Waals surface area contributed by atoms with Crippen molar-refractivity contribution in [1.29, 1.82) is 0 Å². The molecule has 1 saturated heterocycles. The summed E-state index contributed by atoms with van der Waals surface area (Å²) in [6.07, 6.45) is 3.91. The molecule has 1 amide bonds. The van der Waals surface area contributed by atoms with Crippen molar-refractivity contribution >= 4 is 41.5 Å². The molecule has 0 atom stereocenters. The van der Waals surface area contributed by atoms with Crippen molar-refractivity contribution in [2.24, 2.45) is 10.7 Å². The molecular formula is C24H34IN5O2. The lowest BCUT2D eigenvalue weighted by Crippen LogP contribution is -2.38. The smallest absolute Gasteiger partial charge is 0.255 e. The van der Waals surface area contributed by atoms with Gasteiger partial charge in [-0.2, -0.15) is 0 Å². The molecule has 3 rings (SSSR count). The number of carbonyl (C=O) groups is 1. The van der Waals surface area contributed by atoms with Crippen molar-refractivity contribution in [3.63, 3.8) is 0 Å². The van der Waals surface area contributed by atoms with Crippen molar-refractivity contribution in [3.8, 4) is 5.75 Å². The van der Waals surface area contributed by atoms with Gasteiger partial charge in [0.25, 0.3) is 5.91 Å². The van der Waals surface area contributed by atoms with Crippen molar-refractivity contribution < 1.29 is 9.53 Å². The van der Waals surface area contributed by atoms with Gasteiger partial charge in [0.05, 0.1) is 0 Å². The van der Waals surface area contributed by atoms with Gasteiger partial charge < -0.3 is 25.6 Å². The van der Waals surface area contributed by atoms with E-state index in [0.717, 1.165) is 31.2 Å². The van der Waals surface area contributed by atoms with Crippen LogP contribution >= 0.6 is 24.0 Å². The third-order valence-corrected chi connectivity index (χ3v) is 5.38. The number of piperidine rings is 1. The van der Waals surface area contributed by atoms with E-state index in [1.54, 1.807) is 13.1 Å². The van der Waals surface area contributed by atoms with Gasteiger partial charge in [0.1, 0.15) is 5.75 Å². The highest BCUT2D eigenvalue weighted by Crippen LogP contribution is 2.20. The highest BCUT2D eigenvalue weighted by Gasteiger charge is 2.12. The van der Waals surface area contributed by atoms with Crippen LogP contribution in [0.1, 0.15) is 30.4 Å². The Labute approximate surface area is 208 Å². The molecule has 0 saturated carbocycles. The maximum Gasteiger partial charge on any atom is 0.255 e. The van der Waals surface area contributed by atoms with Gasteiger partial charge in [0.15, 0.2) is 12.6 Å². The second kappa shape index (κ2) is 13.1. The Morgan fingerprint density at radius 1 is 1.12 bits per heavy atom. The molecule has 1 aliphatic heterocycles. The first-order valence-electron chi connectivity index (χ1n) is 10.8. The van der Waals surface area contributed by atoms with Gasteiger partial charge in [-0.15, -0.1) is 24.0 Å². The number of hydrogen-bond donors (Lipinski definition) is 2. The number of amides is 1. The number of anilines is 1. The molecule has 32 heavy (non-hydrogen) atoms. The van der Waals surface area contributed by atoms with Crippen LogP contribution in [0.3, 0.4) is 0 Å². The number of nitrogens with zero attached hydrogens (tertiary/aromatic N) is 3. The summed E-state index contributed by atoms with van der Waals surface area (Å²) in [6, 6.07) is 16.4. The molecule has 0 bridgehead atoms. The Balaban J connectivity index is 0.00000363. The molecule has 1 fully saturated rings. The molecule has 1 heterocycles. The summed E-state index contributed by atoms with van der Waals surface area (Å²) >= 11 is 0. The van der Waals surface area contributed by atoms with E-state index in [0.29, 0.717) is 12.3 Å². The number of rotatable bonds is 8. The monoisotopic (exact) mass is 551 g/mol. The van der Waals surface area contributed by atoms with Crippen LogP contribution < -0.4 is 20.7 Å². The van der Waals surface area contributed by atoms with E-state index in [4.69, 9.17) is 10.5 Å². The summed E-state index contributed by atoms with van der Waals surface area (Å²) in [4.78, 5) is 19.9. The quantitative estimate of drug-likeness (QED) is 0.299. The maximum absolute atomic E-state index is 10.9. The lowest BCUT2D eigenvalue weighted by atomic mass is 10.1. The van der Waals surface area contributed by atoms with Crippen molar-refractivity contribution in [1.82, 2.24) is 10.2 Å². The number of benzene rings is 2. The van der Waals surface area contributed by atoms with E-state index in [1.165, 1.54) is 30.5 Å². The molecule has 1 aliphatic rings. The average Bonchev–Trinajstić information content (AvgIpc) is 2.79. The van der Waals surface area contributed by atoms with Crippen molar-refractivity contribution in [3.05, 3.63) is 59.7 Å². The second-order valence-electron chi connectivity index (χ2n) is 7.87. The standard InChI is InChI=1S/C24H33N5O2.HI/c1-26-24(27-16-20-7-6-8-22(15-20)31-18-23(25)30)28(2)17-19-9-11-21(12-10-19)29-13-4-3-5-14-29;/h6-12,15H,3-5,13-14,16-18H2,1-2H3,(H2,25,30)(H,26,27);1H. The summed E-state index contributed by atoms with van der Waals surface area (Å²) in [5.74, 6) is 0.938. The lowest BCUT2D eigenvalue weighted by Gasteiger charge is -2.29. The summed E-state index contributed by atoms with van der Waals surface area (Å²) in [7, 11) is 3.81. The van der Waals surface area contributed by atoms with Crippen LogP contribution in [0.2, 0.25) is 0 Å². The number of hydrogen-bond acceptors (Lipinski definition) is 4. The zero-order valence-corrected chi connectivity index (χ0v) is 21.2. The number of guanidine groups is 1. The molecule has 0 aromatic heterocycles. The third-order valence-electron chi connectivity index (χ3n) is 5.38. The number of nitrogens with one attached hydrogen (secondary N) is 1. The predicted molar refractivity (Wildman–Crippen MR) is 141 cm³/mol. The highest BCUT2D eigenvalue weighted by atomic mass is 127. The fraction of sp³-hybridized carbons (Fsp3) is 0.417. The first kappa shape index (κ1) is 25.8. The van der Waals surface area contributed by atoms with E-state index in [1.807, 2.05) is 25.2 Å². The van der Waals surface area contributed by atoms with Gasteiger partial charge in [-0.1, -0.05) is 24.3 Å². The molecule has 174 valence electrons. The van der Waals surface area contributed by atoms with Crippen LogP contribution in [-0.4, -0.2) is 50.6 Å². The SMILES string of the molecule is CN=C(NCc1cccc(OCC(N)=O)c1)N(C)Cc1ccc(N2CCCCC2)cc1.I. The van der Waals surface area contributed by atoms with E-state index in [9.17, 15) is 4.79 Å². The molecule has 2 aromatic rings. The molecule has 0 aliphatic carbocycles. The Morgan fingerprint density at radius 2 is 1.84 bits per heavy atom. The van der Waals surface area contributed by atoms with Gasteiger partial charge in [0.2, 0.25) is 0 Å². The number of halogens is 1. The fourth-order valence-corrected chi connectivity index (χ4v) is 3.78. The van der Waals surface area contributed by atoms with Crippen molar-refractivity contribution in [2.45, 2.75) is 32.4 Å². The number of nitrogens with two attached hydrogens (primary N) is 1. The summed E-state index contributed by atoms with van der Waals surface area (Å²) in [6.45, 7) is 3.55. The summed E-state index contributed by atoms with van der Waals surface area (Å²) < 4.78 is 5.37. The molecule has 0 spiro atoms. The van der Waals surface area contributed by atoms with Crippen LogP contribution in [0, 0.1) is 0 Å². The minimum Gasteiger partial charge on any atom is -0.484 e. The predicted octanol–water partition coefficient (Wildman–Crippen LogP) is 3.37. The normalized spacial score (nSPS) is 13.8. The van der Waals surface area contributed by atoms with Crippen LogP contribution in [0.5, 0.6) is 5.75 Å². The molecule has 0 radical (unpaired) electrons. The van der Waals surface area contributed by atoms with Gasteiger partial charge in [-0.25, -0.2) is 0 Å². The first-order valence-corrected chi connectivity index (χ1v) is 10.8. The number of ether oxygens (including phenoxy) is 1. The third kappa shape index (κ3) is 7.89. The van der Waals surface area contributed by atoms with Gasteiger partial charge >= 0.3 is 0 Å². The summed E-state index contributed by atoms with van der Waals surface area (Å²) in [5, 5.41) is 3.38. The lowest BCUT2D eigenvalue weighted by molar-refractivity contribution is -0.119. The van der Waals surface area contributed by atoms with Gasteiger partial charge in [-0.3, -0.25) is 9.79 Å². The molecule has 0 unspecified atom stereocenters. The topological polar surface area (TPSA) is 83.2 Å². The molecule has 7 nitrogen and oxygen atoms in total. The largest absolute Gasteiger partial charge is 0.484 e. The minimum atomic E-state index is -0.491. The molecule has 3 N–H and O–H groups in total. The van der Waals surface area contributed by atoms with Crippen LogP contribution in [0.4, 0.5) is 5.69 Å². The van der Waals surface area contributed by atoms with Gasteiger partial charge in [-0.05, 0) is 54.7 Å². The van der Waals surface area contributed by atoms with Crippen LogP contribution in [0.25, 0.3) is 0 Å². The van der Waals surface area contributed by atoms with E-state index < -0.39 is 5.91 Å². The second-order valence-corrected chi connectivity index (χ2v) is 7.87. The minimum absolute atomic E-state index is 0. The van der Waals surface area contributed by atoms with Crippen molar-refractivity contribution in [2.75, 3.05) is 38.7 Å². The Bertz CT molecular complexity index is 882. The van der Waals surface area contributed by atoms with Crippen LogP contribution in [-0.2, 0) is 17.9 Å². The molecule has 8 heteroatoms. The van der Waals surface area contributed by atoms with E-state index >= 15 is 0 Å². The van der Waals surface area contributed by atoms with Crippen LogP contribution in [0.15, 0.2) is 53.5 Å². The molecular weight excluding hydrogens is 517 g/mol. The number of primary amides is 1. The Morgan fingerprint density at radius 3 is 2.50 bits per heavy atom. The zero-order chi connectivity index (χ0) is 22.1. The average molecular weight is 551 g/mol. The number of aliphatic imine (C=N–C) groups is 1. The zero-order valence-electron chi connectivity index (χ0n) is 18.9. The highest BCUT2D eigenvalue weighted by molar-refractivity contribution is 14.0. The first-order chi connectivity index (χ1) is 15.0. The fourth-order valence-electron chi connectivity index (χ4n) is 3.78. The Kier molecular flexibility index (Phi) is 10.6. The molecule has 2 aromatic carbocycles. The summed E-state index contributed by atoms with van der Waals surface area (Å²) in [5.41, 5.74) is 8.72. The van der Waals surface area contributed by atoms with E-state index in [2.05, 4.69) is 44.4 Å². The number of carbonyl (C=O) groups excluding carboxylic acids is 1. The maximum atomic E-state index is 10.9.